The van der Waals surface area contributed by atoms with Gasteiger partial charge in [0, 0.05) is 6.16 Å². The summed E-state index contributed by atoms with van der Waals surface area (Å²) in [6.07, 6.45) is 0.407. The molecule has 0 aromatic heterocycles. The molecule has 1 rings (SSSR count). The van der Waals surface area contributed by atoms with Crippen molar-refractivity contribution < 1.29 is 23.4 Å². The van der Waals surface area contributed by atoms with Crippen molar-refractivity contribution >= 4 is 19.2 Å². The van der Waals surface area contributed by atoms with Gasteiger partial charge in [-0.25, -0.2) is 0 Å². The molecule has 1 aromatic carbocycles. The van der Waals surface area contributed by atoms with Crippen molar-refractivity contribution in [3.63, 3.8) is 0 Å². The molecule has 0 saturated heterocycles. The number of esters is 1. The van der Waals surface area contributed by atoms with E-state index in [1.54, 1.807) is 6.92 Å². The quantitative estimate of drug-likeness (QED) is 0.414. The first kappa shape index (κ1) is 23.3. The standard InChI is InChI=1S/C19H31N2O5P/c1-4-26-27(24,14-21-18(22)11-20)13-17(10-15(2)3)19(23)25-12-16-8-6-5-7-9-16/h5-9,15,17H,4,10-14,20H2,1-3H3,(H,21,22). The molecule has 8 heteroatoms. The second-order valence-electron chi connectivity index (χ2n) is 6.80. The Hall–Kier alpha value is -1.69. The van der Waals surface area contributed by atoms with Gasteiger partial charge < -0.3 is 20.3 Å². The first-order chi connectivity index (χ1) is 12.8. The summed E-state index contributed by atoms with van der Waals surface area (Å²) in [5.41, 5.74) is 6.16. The summed E-state index contributed by atoms with van der Waals surface area (Å²) >= 11 is 0. The van der Waals surface area contributed by atoms with E-state index in [4.69, 9.17) is 15.0 Å². The average molecular weight is 398 g/mol. The lowest BCUT2D eigenvalue weighted by Crippen LogP contribution is -2.33. The summed E-state index contributed by atoms with van der Waals surface area (Å²) in [5, 5.41) is 2.51. The van der Waals surface area contributed by atoms with Crippen molar-refractivity contribution in [2.75, 3.05) is 25.6 Å². The molecule has 0 spiro atoms. The Morgan fingerprint density at radius 3 is 2.44 bits per heavy atom. The molecule has 0 heterocycles. The van der Waals surface area contributed by atoms with Crippen LogP contribution in [0.1, 0.15) is 32.8 Å². The van der Waals surface area contributed by atoms with Crippen LogP contribution in [0.2, 0.25) is 0 Å². The largest absolute Gasteiger partial charge is 0.461 e. The van der Waals surface area contributed by atoms with Gasteiger partial charge >= 0.3 is 5.97 Å². The van der Waals surface area contributed by atoms with Crippen molar-refractivity contribution in [2.45, 2.75) is 33.8 Å². The third-order valence-electron chi connectivity index (χ3n) is 3.88. The van der Waals surface area contributed by atoms with E-state index in [2.05, 4.69) is 5.32 Å². The summed E-state index contributed by atoms with van der Waals surface area (Å²) in [7, 11) is -3.24. The molecule has 2 unspecified atom stereocenters. The maximum atomic E-state index is 13.1. The summed E-state index contributed by atoms with van der Waals surface area (Å²) in [5.74, 6) is -1.17. The smallest absolute Gasteiger partial charge is 0.309 e. The summed E-state index contributed by atoms with van der Waals surface area (Å²) in [4.78, 5) is 24.0. The fourth-order valence-electron chi connectivity index (χ4n) is 2.68. The highest BCUT2D eigenvalue weighted by atomic mass is 31.2. The molecule has 0 radical (unpaired) electrons. The molecule has 0 aliphatic heterocycles. The number of carbonyl (C=O) groups is 2. The van der Waals surface area contributed by atoms with Gasteiger partial charge in [-0.15, -0.1) is 0 Å². The first-order valence-electron chi connectivity index (χ1n) is 9.19. The van der Waals surface area contributed by atoms with Gasteiger partial charge in [-0.1, -0.05) is 44.2 Å². The van der Waals surface area contributed by atoms with E-state index < -0.39 is 25.2 Å². The third kappa shape index (κ3) is 9.18. The molecule has 1 aromatic rings. The molecular weight excluding hydrogens is 367 g/mol. The van der Waals surface area contributed by atoms with E-state index >= 15 is 0 Å². The zero-order chi connectivity index (χ0) is 20.3. The van der Waals surface area contributed by atoms with Gasteiger partial charge in [-0.05, 0) is 24.8 Å². The van der Waals surface area contributed by atoms with Crippen LogP contribution in [0.5, 0.6) is 0 Å². The average Bonchev–Trinajstić information content (AvgIpc) is 2.64. The highest BCUT2D eigenvalue weighted by Gasteiger charge is 2.33. The van der Waals surface area contributed by atoms with Crippen LogP contribution < -0.4 is 11.1 Å². The van der Waals surface area contributed by atoms with Gasteiger partial charge in [0.2, 0.25) is 13.3 Å². The lowest BCUT2D eigenvalue weighted by Gasteiger charge is -2.24. The second-order valence-corrected chi connectivity index (χ2v) is 9.37. The Labute approximate surface area is 161 Å². The third-order valence-corrected chi connectivity index (χ3v) is 6.24. The van der Waals surface area contributed by atoms with Crippen LogP contribution in [0.25, 0.3) is 0 Å². The molecule has 27 heavy (non-hydrogen) atoms. The van der Waals surface area contributed by atoms with E-state index in [1.807, 2.05) is 44.2 Å². The van der Waals surface area contributed by atoms with Crippen LogP contribution in [0.3, 0.4) is 0 Å². The number of hydrogen-bond acceptors (Lipinski definition) is 6. The summed E-state index contributed by atoms with van der Waals surface area (Å²) in [6, 6.07) is 9.38. The van der Waals surface area contributed by atoms with Crippen molar-refractivity contribution in [1.82, 2.24) is 5.32 Å². The lowest BCUT2D eigenvalue weighted by molar-refractivity contribution is -0.149. The van der Waals surface area contributed by atoms with Crippen LogP contribution >= 0.6 is 7.37 Å². The molecule has 3 N–H and O–H groups in total. The Morgan fingerprint density at radius 2 is 1.89 bits per heavy atom. The van der Waals surface area contributed by atoms with Gasteiger partial charge in [0.15, 0.2) is 0 Å². The normalized spacial score (nSPS) is 14.4. The van der Waals surface area contributed by atoms with E-state index in [0.717, 1.165) is 5.56 Å². The highest BCUT2D eigenvalue weighted by molar-refractivity contribution is 7.59. The maximum Gasteiger partial charge on any atom is 0.309 e. The van der Waals surface area contributed by atoms with E-state index in [1.165, 1.54) is 0 Å². The fourth-order valence-corrected chi connectivity index (χ4v) is 4.86. The van der Waals surface area contributed by atoms with Crippen LogP contribution in [0.15, 0.2) is 30.3 Å². The Kier molecular flexibility index (Phi) is 10.3. The van der Waals surface area contributed by atoms with Gasteiger partial charge in [0.1, 0.15) is 6.61 Å². The second kappa shape index (κ2) is 11.9. The van der Waals surface area contributed by atoms with Gasteiger partial charge in [-0.2, -0.15) is 0 Å². The molecule has 152 valence electrons. The molecule has 0 bridgehead atoms. The monoisotopic (exact) mass is 398 g/mol. The van der Waals surface area contributed by atoms with Crippen LogP contribution in [0.4, 0.5) is 0 Å². The van der Waals surface area contributed by atoms with Crippen LogP contribution in [-0.4, -0.2) is 37.5 Å². The number of carbonyl (C=O) groups excluding carboxylic acids is 2. The van der Waals surface area contributed by atoms with Crippen molar-refractivity contribution in [3.05, 3.63) is 35.9 Å². The predicted molar refractivity (Wildman–Crippen MR) is 105 cm³/mol. The Balaban J connectivity index is 2.80. The number of nitrogens with two attached hydrogens (primary N) is 1. The number of nitrogens with one attached hydrogen (secondary N) is 1. The van der Waals surface area contributed by atoms with Crippen LogP contribution in [0, 0.1) is 11.8 Å². The van der Waals surface area contributed by atoms with E-state index in [9.17, 15) is 14.2 Å². The predicted octanol–water partition coefficient (Wildman–Crippen LogP) is 2.74. The Bertz CT molecular complexity index is 636. The first-order valence-corrected chi connectivity index (χ1v) is 11.2. The maximum absolute atomic E-state index is 13.1. The zero-order valence-electron chi connectivity index (χ0n) is 16.3. The van der Waals surface area contributed by atoms with Gasteiger partial charge in [-0.3, -0.25) is 14.2 Å². The molecular formula is C19H31N2O5P. The lowest BCUT2D eigenvalue weighted by atomic mass is 9.99. The Morgan fingerprint density at radius 1 is 1.22 bits per heavy atom. The number of rotatable bonds is 12. The van der Waals surface area contributed by atoms with Crippen molar-refractivity contribution in [2.24, 2.45) is 17.6 Å². The summed E-state index contributed by atoms with van der Waals surface area (Å²) < 4.78 is 24.0. The van der Waals surface area contributed by atoms with E-state index in [-0.39, 0.29) is 38.1 Å². The molecule has 0 aliphatic rings. The van der Waals surface area contributed by atoms with Crippen LogP contribution in [-0.2, 0) is 30.0 Å². The highest BCUT2D eigenvalue weighted by Crippen LogP contribution is 2.48. The zero-order valence-corrected chi connectivity index (χ0v) is 17.2. The number of amides is 1. The minimum atomic E-state index is -3.24. The number of benzene rings is 1. The fraction of sp³-hybridized carbons (Fsp3) is 0.579. The molecule has 1 amide bonds. The summed E-state index contributed by atoms with van der Waals surface area (Å²) in [6.45, 7) is 5.89. The van der Waals surface area contributed by atoms with Crippen molar-refractivity contribution in [1.29, 1.82) is 0 Å². The van der Waals surface area contributed by atoms with Crippen molar-refractivity contribution in [3.8, 4) is 0 Å². The molecule has 0 aliphatic carbocycles. The molecule has 0 fully saturated rings. The van der Waals surface area contributed by atoms with E-state index in [0.29, 0.717) is 6.42 Å². The van der Waals surface area contributed by atoms with Gasteiger partial charge in [0.05, 0.1) is 25.4 Å². The molecule has 7 nitrogen and oxygen atoms in total. The minimum absolute atomic E-state index is 0.0253. The SMILES string of the molecule is CCOP(=O)(CNC(=O)CN)CC(CC(C)C)C(=O)OCc1ccccc1. The molecule has 2 atom stereocenters. The number of ether oxygens (including phenoxy) is 1. The topological polar surface area (TPSA) is 108 Å². The van der Waals surface area contributed by atoms with Gasteiger partial charge in [0.25, 0.3) is 0 Å². The molecule has 0 saturated carbocycles. The number of hydrogen-bond donors (Lipinski definition) is 2. The minimum Gasteiger partial charge on any atom is -0.461 e.